The van der Waals surface area contributed by atoms with Crippen LogP contribution in [-0.4, -0.2) is 35.7 Å². The Balaban J connectivity index is 1.41. The van der Waals surface area contributed by atoms with Gasteiger partial charge in [-0.25, -0.2) is 0 Å². The number of nitriles is 1. The number of pyridine rings is 1. The van der Waals surface area contributed by atoms with Crippen LogP contribution in [0.25, 0.3) is 22.4 Å². The standard InChI is InChI=1S/C28H23N5O4S/c1-34-24-12-21-22(13-25(24)35-2)30-15-17(14-29)27(21)31-18-8-10-19(11-9-18)36-23-7-5-4-6-20(23)28-33-32-26(37-28)16-38-3/h4-13,15H,16H2,1-3H3,(H,30,31). The van der Waals surface area contributed by atoms with E-state index in [1.54, 1.807) is 38.1 Å². The van der Waals surface area contributed by atoms with Gasteiger partial charge in [-0.05, 0) is 48.7 Å². The molecule has 5 rings (SSSR count). The zero-order valence-electron chi connectivity index (χ0n) is 20.9. The van der Waals surface area contributed by atoms with Gasteiger partial charge in [0.15, 0.2) is 11.5 Å². The lowest BCUT2D eigenvalue weighted by molar-refractivity contribution is 0.356. The second-order valence-corrected chi connectivity index (χ2v) is 8.93. The zero-order valence-corrected chi connectivity index (χ0v) is 21.7. The minimum Gasteiger partial charge on any atom is -0.493 e. The average Bonchev–Trinajstić information content (AvgIpc) is 3.42. The SMILES string of the molecule is COc1cc2ncc(C#N)c(Nc3ccc(Oc4ccccc4-c4nnc(CSC)o4)cc3)c2cc1OC. The van der Waals surface area contributed by atoms with E-state index in [0.717, 1.165) is 11.1 Å². The molecule has 5 aromatic rings. The van der Waals surface area contributed by atoms with Gasteiger partial charge >= 0.3 is 0 Å². The Morgan fingerprint density at radius 1 is 0.974 bits per heavy atom. The van der Waals surface area contributed by atoms with E-state index in [9.17, 15) is 5.26 Å². The highest BCUT2D eigenvalue weighted by atomic mass is 32.2. The summed E-state index contributed by atoms with van der Waals surface area (Å²) in [6.07, 6.45) is 3.51. The summed E-state index contributed by atoms with van der Waals surface area (Å²) in [6, 6.07) is 20.7. The molecule has 0 fully saturated rings. The fraction of sp³-hybridized carbons (Fsp3) is 0.143. The van der Waals surface area contributed by atoms with Crippen LogP contribution in [0.5, 0.6) is 23.0 Å². The number of para-hydroxylation sites is 1. The Kier molecular flexibility index (Phi) is 7.28. The van der Waals surface area contributed by atoms with E-state index in [0.29, 0.717) is 62.9 Å². The largest absolute Gasteiger partial charge is 0.493 e. The third-order valence-electron chi connectivity index (χ3n) is 5.70. The van der Waals surface area contributed by atoms with Crippen LogP contribution in [0, 0.1) is 11.3 Å². The first kappa shape index (κ1) is 24.9. The number of ether oxygens (including phenoxy) is 3. The fourth-order valence-corrected chi connectivity index (χ4v) is 4.26. The van der Waals surface area contributed by atoms with Crippen LogP contribution in [0.3, 0.4) is 0 Å². The van der Waals surface area contributed by atoms with E-state index >= 15 is 0 Å². The summed E-state index contributed by atoms with van der Waals surface area (Å²) in [6.45, 7) is 0. The van der Waals surface area contributed by atoms with Crippen molar-refractivity contribution >= 4 is 34.0 Å². The highest BCUT2D eigenvalue weighted by molar-refractivity contribution is 7.97. The van der Waals surface area contributed by atoms with Gasteiger partial charge in [-0.2, -0.15) is 17.0 Å². The molecule has 0 aliphatic heterocycles. The maximum Gasteiger partial charge on any atom is 0.251 e. The lowest BCUT2D eigenvalue weighted by Gasteiger charge is -2.15. The number of methoxy groups -OCH3 is 2. The molecule has 0 atom stereocenters. The van der Waals surface area contributed by atoms with Crippen molar-refractivity contribution in [3.05, 3.63) is 78.3 Å². The molecule has 0 amide bonds. The molecule has 1 N–H and O–H groups in total. The first-order chi connectivity index (χ1) is 18.6. The van der Waals surface area contributed by atoms with Crippen LogP contribution in [0.2, 0.25) is 0 Å². The zero-order chi connectivity index (χ0) is 26.5. The van der Waals surface area contributed by atoms with Gasteiger partial charge in [0.1, 0.15) is 17.6 Å². The highest BCUT2D eigenvalue weighted by Gasteiger charge is 2.16. The van der Waals surface area contributed by atoms with Gasteiger partial charge < -0.3 is 23.9 Å². The molecule has 0 aliphatic carbocycles. The molecule has 9 nitrogen and oxygen atoms in total. The van der Waals surface area contributed by atoms with Crippen molar-refractivity contribution in [3.8, 4) is 40.5 Å². The number of hydrogen-bond acceptors (Lipinski definition) is 10. The average molecular weight is 526 g/mol. The molecule has 0 saturated carbocycles. The van der Waals surface area contributed by atoms with Gasteiger partial charge in [0.05, 0.1) is 42.3 Å². The number of hydrogen-bond donors (Lipinski definition) is 1. The summed E-state index contributed by atoms with van der Waals surface area (Å²) in [7, 11) is 3.14. The van der Waals surface area contributed by atoms with E-state index in [4.69, 9.17) is 18.6 Å². The van der Waals surface area contributed by atoms with Gasteiger partial charge in [-0.15, -0.1) is 10.2 Å². The number of nitrogens with one attached hydrogen (secondary N) is 1. The number of aromatic nitrogens is 3. The first-order valence-corrected chi connectivity index (χ1v) is 12.9. The summed E-state index contributed by atoms with van der Waals surface area (Å²) in [5.74, 6) is 3.94. The lowest BCUT2D eigenvalue weighted by Crippen LogP contribution is -1.98. The Morgan fingerprint density at radius 2 is 1.74 bits per heavy atom. The van der Waals surface area contributed by atoms with Gasteiger partial charge in [-0.3, -0.25) is 4.98 Å². The topological polar surface area (TPSA) is 115 Å². The molecule has 190 valence electrons. The minimum atomic E-state index is 0.402. The Hall–Kier alpha value is -4.75. The second kappa shape index (κ2) is 11.1. The lowest BCUT2D eigenvalue weighted by atomic mass is 10.1. The summed E-state index contributed by atoms with van der Waals surface area (Å²) in [5, 5.41) is 22.1. The fourth-order valence-electron chi connectivity index (χ4n) is 3.89. The van der Waals surface area contributed by atoms with E-state index in [-0.39, 0.29) is 0 Å². The van der Waals surface area contributed by atoms with Crippen molar-refractivity contribution in [2.75, 3.05) is 25.8 Å². The predicted molar refractivity (Wildman–Crippen MR) is 146 cm³/mol. The first-order valence-electron chi connectivity index (χ1n) is 11.5. The van der Waals surface area contributed by atoms with Crippen LogP contribution in [-0.2, 0) is 5.75 Å². The number of fused-ring (bicyclic) bond motifs is 1. The van der Waals surface area contributed by atoms with Crippen molar-refractivity contribution in [2.45, 2.75) is 5.75 Å². The maximum absolute atomic E-state index is 9.72. The van der Waals surface area contributed by atoms with Crippen LogP contribution in [0.1, 0.15) is 11.5 Å². The number of thioether (sulfide) groups is 1. The number of rotatable bonds is 9. The van der Waals surface area contributed by atoms with Crippen molar-refractivity contribution in [2.24, 2.45) is 0 Å². The third-order valence-corrected chi connectivity index (χ3v) is 6.23. The van der Waals surface area contributed by atoms with Crippen LogP contribution >= 0.6 is 11.8 Å². The number of anilines is 2. The minimum absolute atomic E-state index is 0.402. The van der Waals surface area contributed by atoms with Gasteiger partial charge in [0.25, 0.3) is 5.89 Å². The van der Waals surface area contributed by atoms with E-state index in [1.165, 1.54) is 6.20 Å². The van der Waals surface area contributed by atoms with Crippen LogP contribution in [0.15, 0.2) is 71.3 Å². The highest BCUT2D eigenvalue weighted by Crippen LogP contribution is 2.38. The number of benzene rings is 3. The third kappa shape index (κ3) is 5.05. The number of nitrogens with zero attached hydrogens (tertiary/aromatic N) is 4. The summed E-state index contributed by atoms with van der Waals surface area (Å²) in [4.78, 5) is 4.41. The molecule has 10 heteroatoms. The van der Waals surface area contributed by atoms with Gasteiger partial charge in [-0.1, -0.05) is 12.1 Å². The van der Waals surface area contributed by atoms with Gasteiger partial charge in [0.2, 0.25) is 5.89 Å². The molecule has 2 aromatic heterocycles. The Bertz CT molecular complexity index is 1630. The molecule has 0 radical (unpaired) electrons. The molecule has 0 saturated heterocycles. The predicted octanol–water partition coefficient (Wildman–Crippen LogP) is 6.57. The van der Waals surface area contributed by atoms with E-state index in [2.05, 4.69) is 26.6 Å². The quantitative estimate of drug-likeness (QED) is 0.226. The molecular formula is C28H23N5O4S. The molecule has 38 heavy (non-hydrogen) atoms. The van der Waals surface area contributed by atoms with Crippen LogP contribution < -0.4 is 19.5 Å². The molecular weight excluding hydrogens is 502 g/mol. The monoisotopic (exact) mass is 525 g/mol. The Labute approximate surface area is 223 Å². The smallest absolute Gasteiger partial charge is 0.251 e. The summed E-state index contributed by atoms with van der Waals surface area (Å²) in [5.41, 5.74) is 3.17. The van der Waals surface area contributed by atoms with Gasteiger partial charge in [0, 0.05) is 23.3 Å². The van der Waals surface area contributed by atoms with Crippen molar-refractivity contribution in [1.82, 2.24) is 15.2 Å². The Morgan fingerprint density at radius 3 is 2.47 bits per heavy atom. The normalized spacial score (nSPS) is 10.7. The van der Waals surface area contributed by atoms with Crippen molar-refractivity contribution in [1.29, 1.82) is 5.26 Å². The van der Waals surface area contributed by atoms with Crippen molar-refractivity contribution < 1.29 is 18.6 Å². The molecule has 3 aromatic carbocycles. The molecule has 0 aliphatic rings. The summed E-state index contributed by atoms with van der Waals surface area (Å²) < 4.78 is 22.8. The molecule has 0 bridgehead atoms. The summed E-state index contributed by atoms with van der Waals surface area (Å²) >= 11 is 1.61. The molecule has 0 spiro atoms. The van der Waals surface area contributed by atoms with Crippen molar-refractivity contribution in [3.63, 3.8) is 0 Å². The molecule has 0 unspecified atom stereocenters. The molecule has 2 heterocycles. The second-order valence-electron chi connectivity index (χ2n) is 8.06. The van der Waals surface area contributed by atoms with Crippen LogP contribution in [0.4, 0.5) is 11.4 Å². The van der Waals surface area contributed by atoms with E-state index < -0.39 is 0 Å². The van der Waals surface area contributed by atoms with E-state index in [1.807, 2.05) is 54.8 Å². The maximum atomic E-state index is 9.72.